The van der Waals surface area contributed by atoms with Gasteiger partial charge in [-0.25, -0.2) is 9.18 Å². The molecule has 1 heterocycles. The lowest BCUT2D eigenvalue weighted by atomic mass is 10.1. The van der Waals surface area contributed by atoms with Gasteiger partial charge < -0.3 is 9.57 Å². The van der Waals surface area contributed by atoms with E-state index >= 15 is 0 Å². The maximum absolute atomic E-state index is 13.6. The molecule has 4 nitrogen and oxygen atoms in total. The standard InChI is InChI=1S/C18H13ClFNO3/c1-11-14(18(22)24-21-11)8-12-6-7-17(15(19)9-12)23-10-13-4-2-3-5-16(13)20/h2-9H,10H2,1H3/b14-8+. The van der Waals surface area contributed by atoms with Crippen molar-refractivity contribution in [3.63, 3.8) is 0 Å². The van der Waals surface area contributed by atoms with E-state index in [2.05, 4.69) is 9.99 Å². The van der Waals surface area contributed by atoms with Gasteiger partial charge in [0.2, 0.25) is 0 Å². The van der Waals surface area contributed by atoms with Crippen molar-refractivity contribution in [2.24, 2.45) is 5.16 Å². The van der Waals surface area contributed by atoms with Crippen LogP contribution in [0.25, 0.3) is 6.08 Å². The molecule has 0 spiro atoms. The van der Waals surface area contributed by atoms with Gasteiger partial charge >= 0.3 is 5.97 Å². The molecule has 0 unspecified atom stereocenters. The summed E-state index contributed by atoms with van der Waals surface area (Å²) in [7, 11) is 0. The molecule has 0 aromatic heterocycles. The SMILES string of the molecule is CC1=NOC(=O)/C1=C/c1ccc(OCc2ccccc2F)c(Cl)c1. The molecule has 6 heteroatoms. The van der Waals surface area contributed by atoms with Crippen molar-refractivity contribution in [1.82, 2.24) is 0 Å². The highest BCUT2D eigenvalue weighted by Gasteiger charge is 2.21. The summed E-state index contributed by atoms with van der Waals surface area (Å²) in [5.74, 6) is -0.394. The average Bonchev–Trinajstić information content (AvgIpc) is 2.87. The Balaban J connectivity index is 1.76. The zero-order valence-corrected chi connectivity index (χ0v) is 13.5. The number of rotatable bonds is 4. The normalized spacial score (nSPS) is 15.4. The van der Waals surface area contributed by atoms with Crippen LogP contribution in [0.3, 0.4) is 0 Å². The molecule has 0 saturated carbocycles. The summed E-state index contributed by atoms with van der Waals surface area (Å²) in [6, 6.07) is 11.5. The summed E-state index contributed by atoms with van der Waals surface area (Å²) in [4.78, 5) is 16.1. The minimum atomic E-state index is -0.497. The van der Waals surface area contributed by atoms with Gasteiger partial charge in [0.05, 0.1) is 16.3 Å². The molecule has 2 aromatic carbocycles. The van der Waals surface area contributed by atoms with E-state index in [0.29, 0.717) is 33.2 Å². The van der Waals surface area contributed by atoms with E-state index in [1.54, 1.807) is 49.4 Å². The van der Waals surface area contributed by atoms with E-state index < -0.39 is 5.97 Å². The number of hydrogen-bond acceptors (Lipinski definition) is 4. The second-order valence-corrected chi connectivity index (χ2v) is 5.59. The summed E-state index contributed by atoms with van der Waals surface area (Å²) in [5.41, 5.74) is 2.05. The maximum Gasteiger partial charge on any atom is 0.367 e. The van der Waals surface area contributed by atoms with Gasteiger partial charge in [-0.2, -0.15) is 0 Å². The zero-order chi connectivity index (χ0) is 17.1. The number of nitrogens with zero attached hydrogens (tertiary/aromatic N) is 1. The molecule has 2 aromatic rings. The van der Waals surface area contributed by atoms with Crippen LogP contribution in [0, 0.1) is 5.82 Å². The maximum atomic E-state index is 13.6. The molecular formula is C18H13ClFNO3. The summed E-state index contributed by atoms with van der Waals surface area (Å²) < 4.78 is 19.1. The third-order valence-corrected chi connectivity index (χ3v) is 3.78. The highest BCUT2D eigenvalue weighted by molar-refractivity contribution is 6.32. The lowest BCUT2D eigenvalue weighted by molar-refractivity contribution is -0.136. The summed E-state index contributed by atoms with van der Waals surface area (Å²) in [6.07, 6.45) is 1.64. The van der Waals surface area contributed by atoms with Crippen LogP contribution in [0.2, 0.25) is 5.02 Å². The second kappa shape index (κ2) is 6.84. The molecule has 0 fully saturated rings. The Morgan fingerprint density at radius 1 is 1.29 bits per heavy atom. The Morgan fingerprint density at radius 3 is 2.75 bits per heavy atom. The molecule has 3 rings (SSSR count). The van der Waals surface area contributed by atoms with Gasteiger partial charge in [-0.3, -0.25) is 0 Å². The number of carbonyl (C=O) groups excluding carboxylic acids is 1. The molecule has 0 amide bonds. The molecule has 0 N–H and O–H groups in total. The van der Waals surface area contributed by atoms with Crippen molar-refractivity contribution >= 4 is 29.4 Å². The van der Waals surface area contributed by atoms with Crippen LogP contribution < -0.4 is 4.74 Å². The number of oxime groups is 1. The van der Waals surface area contributed by atoms with Gasteiger partial charge in [0.1, 0.15) is 18.2 Å². The molecule has 0 bridgehead atoms. The van der Waals surface area contributed by atoms with Crippen molar-refractivity contribution in [2.75, 3.05) is 0 Å². The van der Waals surface area contributed by atoms with Gasteiger partial charge in [0.15, 0.2) is 0 Å². The van der Waals surface area contributed by atoms with Gasteiger partial charge in [0, 0.05) is 5.56 Å². The minimum absolute atomic E-state index is 0.0743. The summed E-state index contributed by atoms with van der Waals surface area (Å²) >= 11 is 6.20. The third-order valence-electron chi connectivity index (χ3n) is 3.48. The second-order valence-electron chi connectivity index (χ2n) is 5.18. The monoisotopic (exact) mass is 345 g/mol. The third kappa shape index (κ3) is 3.46. The first-order chi connectivity index (χ1) is 11.5. The van der Waals surface area contributed by atoms with Crippen LogP contribution in [0.1, 0.15) is 18.1 Å². The van der Waals surface area contributed by atoms with Crippen LogP contribution in [0.15, 0.2) is 53.2 Å². The summed E-state index contributed by atoms with van der Waals surface area (Å²) in [6.45, 7) is 1.76. The minimum Gasteiger partial charge on any atom is -0.487 e. The predicted molar refractivity (Wildman–Crippen MR) is 89.4 cm³/mol. The van der Waals surface area contributed by atoms with Crippen LogP contribution in [-0.2, 0) is 16.2 Å². The van der Waals surface area contributed by atoms with Crippen LogP contribution >= 0.6 is 11.6 Å². The molecule has 122 valence electrons. The van der Waals surface area contributed by atoms with Crippen molar-refractivity contribution in [2.45, 2.75) is 13.5 Å². The van der Waals surface area contributed by atoms with Crippen molar-refractivity contribution in [3.8, 4) is 5.75 Å². The van der Waals surface area contributed by atoms with E-state index in [1.165, 1.54) is 6.07 Å². The molecule has 0 saturated heterocycles. The van der Waals surface area contributed by atoms with E-state index in [4.69, 9.17) is 16.3 Å². The van der Waals surface area contributed by atoms with Gasteiger partial charge in [-0.05, 0) is 36.8 Å². The van der Waals surface area contributed by atoms with Crippen LogP contribution in [0.5, 0.6) is 5.75 Å². The van der Waals surface area contributed by atoms with Gasteiger partial charge in [-0.1, -0.05) is 41.0 Å². The highest BCUT2D eigenvalue weighted by Crippen LogP contribution is 2.28. The quantitative estimate of drug-likeness (QED) is 0.610. The van der Waals surface area contributed by atoms with Crippen LogP contribution in [-0.4, -0.2) is 11.7 Å². The largest absolute Gasteiger partial charge is 0.487 e. The highest BCUT2D eigenvalue weighted by atomic mass is 35.5. The molecule has 0 atom stereocenters. The lowest BCUT2D eigenvalue weighted by Crippen LogP contribution is -2.02. The van der Waals surface area contributed by atoms with E-state index in [-0.39, 0.29) is 12.4 Å². The zero-order valence-electron chi connectivity index (χ0n) is 12.8. The fourth-order valence-electron chi connectivity index (χ4n) is 2.18. The Labute approximate surface area is 143 Å². The molecule has 1 aliphatic heterocycles. The van der Waals surface area contributed by atoms with Crippen molar-refractivity contribution < 1.29 is 18.8 Å². The van der Waals surface area contributed by atoms with Crippen molar-refractivity contribution in [3.05, 3.63) is 70.0 Å². The van der Waals surface area contributed by atoms with E-state index in [9.17, 15) is 9.18 Å². The Kier molecular flexibility index (Phi) is 4.62. The topological polar surface area (TPSA) is 47.9 Å². The number of ether oxygens (including phenoxy) is 1. The molecule has 24 heavy (non-hydrogen) atoms. The fourth-order valence-corrected chi connectivity index (χ4v) is 2.42. The fraction of sp³-hybridized carbons (Fsp3) is 0.111. The Hall–Kier alpha value is -2.66. The number of carbonyl (C=O) groups is 1. The number of benzene rings is 2. The van der Waals surface area contributed by atoms with E-state index in [0.717, 1.165) is 0 Å². The van der Waals surface area contributed by atoms with Gasteiger partial charge in [-0.15, -0.1) is 0 Å². The lowest BCUT2D eigenvalue weighted by Gasteiger charge is -2.09. The first kappa shape index (κ1) is 16.2. The molecule has 0 radical (unpaired) electrons. The first-order valence-corrected chi connectivity index (χ1v) is 7.56. The molecular weight excluding hydrogens is 333 g/mol. The van der Waals surface area contributed by atoms with E-state index in [1.807, 2.05) is 0 Å². The predicted octanol–water partition coefficient (Wildman–Crippen LogP) is 4.37. The van der Waals surface area contributed by atoms with Crippen LogP contribution in [0.4, 0.5) is 4.39 Å². The van der Waals surface area contributed by atoms with Gasteiger partial charge in [0.25, 0.3) is 0 Å². The number of hydrogen-bond donors (Lipinski definition) is 0. The molecule has 0 aliphatic carbocycles. The Morgan fingerprint density at radius 2 is 2.08 bits per heavy atom. The summed E-state index contributed by atoms with van der Waals surface area (Å²) in [5, 5.41) is 3.97. The smallest absolute Gasteiger partial charge is 0.367 e. The first-order valence-electron chi connectivity index (χ1n) is 7.18. The Bertz CT molecular complexity index is 861. The molecule has 1 aliphatic rings. The number of halogens is 2. The average molecular weight is 346 g/mol. The van der Waals surface area contributed by atoms with Crippen molar-refractivity contribution in [1.29, 1.82) is 0 Å².